The van der Waals surface area contributed by atoms with Crippen molar-refractivity contribution in [3.05, 3.63) is 54.0 Å². The van der Waals surface area contributed by atoms with Gasteiger partial charge in [-0.3, -0.25) is 9.59 Å². The average Bonchev–Trinajstić information content (AvgIpc) is 3.50. The molecule has 5 rings (SSSR count). The van der Waals surface area contributed by atoms with Crippen LogP contribution in [0, 0.1) is 12.3 Å². The normalized spacial score (nSPS) is 20.8. The molecule has 2 amide bonds. The van der Waals surface area contributed by atoms with Crippen LogP contribution < -0.4 is 4.90 Å². The van der Waals surface area contributed by atoms with E-state index in [4.69, 9.17) is 9.15 Å². The molecule has 0 unspecified atom stereocenters. The third-order valence-electron chi connectivity index (χ3n) is 8.95. The summed E-state index contributed by atoms with van der Waals surface area (Å²) in [5.41, 5.74) is 2.24. The van der Waals surface area contributed by atoms with Crippen molar-refractivity contribution in [2.24, 2.45) is 5.41 Å². The number of furan rings is 1. The summed E-state index contributed by atoms with van der Waals surface area (Å²) >= 11 is 0. The van der Waals surface area contributed by atoms with E-state index < -0.39 is 0 Å². The first-order valence-electron chi connectivity index (χ1n) is 14.5. The lowest BCUT2D eigenvalue weighted by Gasteiger charge is -2.42. The van der Waals surface area contributed by atoms with Crippen molar-refractivity contribution in [1.29, 1.82) is 0 Å². The fourth-order valence-corrected chi connectivity index (χ4v) is 6.58. The van der Waals surface area contributed by atoms with E-state index in [1.807, 2.05) is 21.9 Å². The highest BCUT2D eigenvalue weighted by Gasteiger charge is 2.37. The minimum absolute atomic E-state index is 0.0694. The van der Waals surface area contributed by atoms with Gasteiger partial charge in [0.25, 0.3) is 5.91 Å². The van der Waals surface area contributed by atoms with Crippen LogP contribution in [0.1, 0.15) is 73.9 Å². The molecule has 0 N–H and O–H groups in total. The molecule has 0 atom stereocenters. The van der Waals surface area contributed by atoms with Gasteiger partial charge in [0.2, 0.25) is 5.91 Å². The minimum Gasteiger partial charge on any atom is -0.459 e. The Bertz CT molecular complexity index is 1030. The number of rotatable bonds is 8. The number of piperidine rings is 1. The lowest BCUT2D eigenvalue weighted by atomic mass is 9.69. The SMILES string of the molecule is Cc1ccc(N(C(=O)c2ccco2)C2CCN(CCC3(CC(=O)N4CCOCC4)CCCCC3)CC2)cc1. The summed E-state index contributed by atoms with van der Waals surface area (Å²) in [7, 11) is 0. The van der Waals surface area contributed by atoms with Gasteiger partial charge in [0.05, 0.1) is 19.5 Å². The molecule has 1 aromatic carbocycles. The first-order chi connectivity index (χ1) is 18.5. The van der Waals surface area contributed by atoms with Crippen LogP contribution in [0.2, 0.25) is 0 Å². The third kappa shape index (κ3) is 6.49. The predicted molar refractivity (Wildman–Crippen MR) is 148 cm³/mol. The first-order valence-corrected chi connectivity index (χ1v) is 14.5. The smallest absolute Gasteiger partial charge is 0.294 e. The Kier molecular flexibility index (Phi) is 8.85. The summed E-state index contributed by atoms with van der Waals surface area (Å²) in [6, 6.07) is 11.9. The molecule has 0 spiro atoms. The monoisotopic (exact) mass is 521 g/mol. The second-order valence-corrected chi connectivity index (χ2v) is 11.5. The van der Waals surface area contributed by atoms with Crippen LogP contribution in [0.4, 0.5) is 5.69 Å². The van der Waals surface area contributed by atoms with Crippen molar-refractivity contribution in [2.45, 2.75) is 70.8 Å². The summed E-state index contributed by atoms with van der Waals surface area (Å²) in [5.74, 6) is 0.636. The van der Waals surface area contributed by atoms with E-state index in [1.165, 1.54) is 37.7 Å². The number of amides is 2. The summed E-state index contributed by atoms with van der Waals surface area (Å²) in [5, 5.41) is 0. The van der Waals surface area contributed by atoms with E-state index in [9.17, 15) is 9.59 Å². The summed E-state index contributed by atoms with van der Waals surface area (Å²) in [6.07, 6.45) is 11.3. The highest BCUT2D eigenvalue weighted by molar-refractivity contribution is 6.04. The molecule has 0 radical (unpaired) electrons. The van der Waals surface area contributed by atoms with Gasteiger partial charge in [0, 0.05) is 44.3 Å². The van der Waals surface area contributed by atoms with Crippen molar-refractivity contribution in [3.8, 4) is 0 Å². The zero-order chi connectivity index (χ0) is 26.4. The molecule has 3 heterocycles. The number of benzene rings is 1. The average molecular weight is 522 g/mol. The van der Waals surface area contributed by atoms with Crippen LogP contribution in [0.15, 0.2) is 47.1 Å². The Morgan fingerprint density at radius 2 is 1.68 bits per heavy atom. The maximum Gasteiger partial charge on any atom is 0.294 e. The largest absolute Gasteiger partial charge is 0.459 e. The zero-order valence-corrected chi connectivity index (χ0v) is 22.9. The zero-order valence-electron chi connectivity index (χ0n) is 22.9. The van der Waals surface area contributed by atoms with Gasteiger partial charge < -0.3 is 23.9 Å². The van der Waals surface area contributed by atoms with Crippen LogP contribution in [0.25, 0.3) is 0 Å². The molecule has 0 bridgehead atoms. The summed E-state index contributed by atoms with van der Waals surface area (Å²) < 4.78 is 10.9. The van der Waals surface area contributed by atoms with Crippen molar-refractivity contribution in [2.75, 3.05) is 50.8 Å². The molecule has 3 fully saturated rings. The lowest BCUT2D eigenvalue weighted by molar-refractivity contribution is -0.138. The molecule has 2 aliphatic heterocycles. The number of ether oxygens (including phenoxy) is 1. The van der Waals surface area contributed by atoms with Gasteiger partial charge in [0.15, 0.2) is 5.76 Å². The van der Waals surface area contributed by atoms with Crippen LogP contribution in [-0.2, 0) is 9.53 Å². The second kappa shape index (κ2) is 12.5. The highest BCUT2D eigenvalue weighted by atomic mass is 16.5. The Balaban J connectivity index is 1.20. The van der Waals surface area contributed by atoms with E-state index >= 15 is 0 Å². The molecule has 7 nitrogen and oxygen atoms in total. The highest BCUT2D eigenvalue weighted by Crippen LogP contribution is 2.43. The first kappa shape index (κ1) is 26.9. The molecule has 1 aliphatic carbocycles. The minimum atomic E-state index is -0.0694. The fourth-order valence-electron chi connectivity index (χ4n) is 6.58. The Morgan fingerprint density at radius 1 is 0.974 bits per heavy atom. The molecule has 3 aliphatic rings. The van der Waals surface area contributed by atoms with E-state index in [0.717, 1.165) is 57.7 Å². The van der Waals surface area contributed by atoms with Crippen LogP contribution >= 0.6 is 0 Å². The topological polar surface area (TPSA) is 66.2 Å². The van der Waals surface area contributed by atoms with Crippen LogP contribution in [0.3, 0.4) is 0 Å². The van der Waals surface area contributed by atoms with Gasteiger partial charge in [-0.05, 0) is 75.3 Å². The van der Waals surface area contributed by atoms with Gasteiger partial charge in [-0.15, -0.1) is 0 Å². The molecule has 206 valence electrons. The van der Waals surface area contributed by atoms with Crippen LogP contribution in [-0.4, -0.2) is 73.6 Å². The van der Waals surface area contributed by atoms with Gasteiger partial charge in [-0.1, -0.05) is 37.0 Å². The van der Waals surface area contributed by atoms with Crippen molar-refractivity contribution in [1.82, 2.24) is 9.80 Å². The van der Waals surface area contributed by atoms with Crippen molar-refractivity contribution >= 4 is 17.5 Å². The van der Waals surface area contributed by atoms with E-state index in [1.54, 1.807) is 18.4 Å². The fraction of sp³-hybridized carbons (Fsp3) is 0.613. The number of likely N-dealkylation sites (tertiary alicyclic amines) is 1. The van der Waals surface area contributed by atoms with E-state index in [-0.39, 0.29) is 17.4 Å². The van der Waals surface area contributed by atoms with Crippen LogP contribution in [0.5, 0.6) is 0 Å². The van der Waals surface area contributed by atoms with Crippen molar-refractivity contribution < 1.29 is 18.7 Å². The molecule has 38 heavy (non-hydrogen) atoms. The van der Waals surface area contributed by atoms with Gasteiger partial charge in [0.1, 0.15) is 0 Å². The lowest BCUT2D eigenvalue weighted by Crippen LogP contribution is -2.48. The van der Waals surface area contributed by atoms with Gasteiger partial charge in [-0.2, -0.15) is 0 Å². The second-order valence-electron chi connectivity index (χ2n) is 11.5. The Hall–Kier alpha value is -2.64. The maximum absolute atomic E-state index is 13.5. The number of carbonyl (C=O) groups is 2. The quantitative estimate of drug-likeness (QED) is 0.472. The van der Waals surface area contributed by atoms with Crippen molar-refractivity contribution in [3.63, 3.8) is 0 Å². The number of nitrogens with zero attached hydrogens (tertiary/aromatic N) is 3. The Morgan fingerprint density at radius 3 is 2.34 bits per heavy atom. The van der Waals surface area contributed by atoms with Gasteiger partial charge in [-0.25, -0.2) is 0 Å². The molecule has 7 heteroatoms. The summed E-state index contributed by atoms with van der Waals surface area (Å²) in [4.78, 5) is 33.1. The van der Waals surface area contributed by atoms with E-state index in [2.05, 4.69) is 24.0 Å². The third-order valence-corrected chi connectivity index (χ3v) is 8.95. The number of anilines is 1. The molecular weight excluding hydrogens is 478 g/mol. The summed E-state index contributed by atoms with van der Waals surface area (Å²) in [6.45, 7) is 7.81. The molecule has 1 saturated carbocycles. The molecule has 1 aromatic heterocycles. The molecule has 2 aromatic rings. The standard InChI is InChI=1S/C31H43N3O4/c1-25-7-9-26(10-8-25)34(30(36)28-6-5-21-38-28)27-11-16-32(17-12-27)18-15-31(13-3-2-4-14-31)24-29(35)33-19-22-37-23-20-33/h5-10,21,27H,2-4,11-20,22-24H2,1H3. The number of hydrogen-bond acceptors (Lipinski definition) is 5. The molecular formula is C31H43N3O4. The molecule has 2 saturated heterocycles. The number of morpholine rings is 1. The number of hydrogen-bond donors (Lipinski definition) is 0. The maximum atomic E-state index is 13.5. The van der Waals surface area contributed by atoms with Gasteiger partial charge >= 0.3 is 0 Å². The van der Waals surface area contributed by atoms with E-state index in [0.29, 0.717) is 31.3 Å². The predicted octanol–water partition coefficient (Wildman–Crippen LogP) is 5.29. The Labute approximate surface area is 227 Å². The number of aryl methyl sites for hydroxylation is 1. The number of carbonyl (C=O) groups excluding carboxylic acids is 2.